The van der Waals surface area contributed by atoms with E-state index in [9.17, 15) is 9.59 Å². The summed E-state index contributed by atoms with van der Waals surface area (Å²) in [5.41, 5.74) is 2.63. The average Bonchev–Trinajstić information content (AvgIpc) is 3.06. The van der Waals surface area contributed by atoms with E-state index in [0.717, 1.165) is 16.5 Å². The molecule has 6 nitrogen and oxygen atoms in total. The van der Waals surface area contributed by atoms with Crippen LogP contribution in [0.25, 0.3) is 10.9 Å². The summed E-state index contributed by atoms with van der Waals surface area (Å²) >= 11 is 0. The van der Waals surface area contributed by atoms with E-state index in [4.69, 9.17) is 4.74 Å². The van der Waals surface area contributed by atoms with E-state index < -0.39 is 11.8 Å². The van der Waals surface area contributed by atoms with Crippen molar-refractivity contribution in [1.29, 1.82) is 0 Å². The number of fused-ring (bicyclic) bond motifs is 1. The van der Waals surface area contributed by atoms with Crippen molar-refractivity contribution in [2.45, 2.75) is 26.4 Å². The van der Waals surface area contributed by atoms with Gasteiger partial charge in [-0.1, -0.05) is 30.3 Å². The molecule has 27 heavy (non-hydrogen) atoms. The number of benzene rings is 2. The van der Waals surface area contributed by atoms with Crippen molar-refractivity contribution in [2.75, 3.05) is 11.9 Å². The van der Waals surface area contributed by atoms with Crippen LogP contribution in [0.5, 0.6) is 5.75 Å². The van der Waals surface area contributed by atoms with Crippen LogP contribution in [0.1, 0.15) is 19.4 Å². The summed E-state index contributed by atoms with van der Waals surface area (Å²) in [5.74, 6) is -0.852. The number of aromatic amines is 1. The number of rotatable bonds is 6. The van der Waals surface area contributed by atoms with Crippen LogP contribution in [-0.4, -0.2) is 29.4 Å². The number of nitrogens with one attached hydrogen (secondary N) is 3. The van der Waals surface area contributed by atoms with Crippen molar-refractivity contribution < 1.29 is 14.3 Å². The van der Waals surface area contributed by atoms with Crippen LogP contribution in [0.3, 0.4) is 0 Å². The lowest BCUT2D eigenvalue weighted by Crippen LogP contribution is -2.36. The number of aromatic nitrogens is 1. The van der Waals surface area contributed by atoms with Gasteiger partial charge in [0.2, 0.25) is 0 Å². The van der Waals surface area contributed by atoms with Gasteiger partial charge in [-0.2, -0.15) is 0 Å². The SMILES string of the molecule is CC(C)Oc1ccccc1NC(=O)C(=O)NCCc1c[nH]c2ccccc12. The zero-order valence-electron chi connectivity index (χ0n) is 15.4. The molecule has 0 aliphatic heterocycles. The highest BCUT2D eigenvalue weighted by atomic mass is 16.5. The second-order valence-corrected chi connectivity index (χ2v) is 6.48. The lowest BCUT2D eigenvalue weighted by atomic mass is 10.1. The third kappa shape index (κ3) is 4.67. The first-order valence-electron chi connectivity index (χ1n) is 8.94. The molecule has 3 aromatic rings. The number of ether oxygens (including phenoxy) is 1. The maximum absolute atomic E-state index is 12.2. The Morgan fingerprint density at radius 3 is 2.59 bits per heavy atom. The number of amides is 2. The van der Waals surface area contributed by atoms with E-state index >= 15 is 0 Å². The Labute approximate surface area is 157 Å². The van der Waals surface area contributed by atoms with Gasteiger partial charge in [-0.05, 0) is 44.0 Å². The molecule has 0 saturated carbocycles. The standard InChI is InChI=1S/C21H23N3O3/c1-14(2)27-19-10-6-5-9-18(19)24-21(26)20(25)22-12-11-15-13-23-17-8-4-3-7-16(15)17/h3-10,13-14,23H,11-12H2,1-2H3,(H,22,25)(H,24,26). The maximum Gasteiger partial charge on any atom is 0.313 e. The van der Waals surface area contributed by atoms with E-state index in [0.29, 0.717) is 24.4 Å². The number of H-pyrrole nitrogens is 1. The lowest BCUT2D eigenvalue weighted by molar-refractivity contribution is -0.136. The molecule has 0 unspecified atom stereocenters. The van der Waals surface area contributed by atoms with Gasteiger partial charge in [-0.3, -0.25) is 9.59 Å². The molecule has 0 saturated heterocycles. The third-order valence-electron chi connectivity index (χ3n) is 4.06. The molecule has 2 amide bonds. The highest BCUT2D eigenvalue weighted by Crippen LogP contribution is 2.24. The Morgan fingerprint density at radius 1 is 1.04 bits per heavy atom. The third-order valence-corrected chi connectivity index (χ3v) is 4.06. The first kappa shape index (κ1) is 18.5. The quantitative estimate of drug-likeness (QED) is 0.586. The van der Waals surface area contributed by atoms with E-state index in [-0.39, 0.29) is 6.10 Å². The molecule has 0 radical (unpaired) electrons. The van der Waals surface area contributed by atoms with Gasteiger partial charge in [0.25, 0.3) is 0 Å². The highest BCUT2D eigenvalue weighted by molar-refractivity contribution is 6.39. The smallest absolute Gasteiger partial charge is 0.313 e. The fourth-order valence-corrected chi connectivity index (χ4v) is 2.84. The van der Waals surface area contributed by atoms with Gasteiger partial charge in [0.1, 0.15) is 5.75 Å². The molecule has 0 spiro atoms. The average molecular weight is 365 g/mol. The number of carbonyl (C=O) groups is 2. The van der Waals surface area contributed by atoms with Gasteiger partial charge in [0.15, 0.2) is 0 Å². The summed E-state index contributed by atoms with van der Waals surface area (Å²) in [6, 6.07) is 15.0. The predicted octanol–water partition coefficient (Wildman–Crippen LogP) is 3.25. The minimum absolute atomic E-state index is 0.0342. The molecule has 0 atom stereocenters. The van der Waals surface area contributed by atoms with Gasteiger partial charge >= 0.3 is 11.8 Å². The van der Waals surface area contributed by atoms with Crippen molar-refractivity contribution in [3.05, 3.63) is 60.3 Å². The Hall–Kier alpha value is -3.28. The van der Waals surface area contributed by atoms with Crippen LogP contribution in [0.2, 0.25) is 0 Å². The topological polar surface area (TPSA) is 83.2 Å². The first-order valence-corrected chi connectivity index (χ1v) is 8.94. The summed E-state index contributed by atoms with van der Waals surface area (Å²) < 4.78 is 5.65. The largest absolute Gasteiger partial charge is 0.489 e. The molecule has 3 N–H and O–H groups in total. The van der Waals surface area contributed by atoms with Crippen LogP contribution in [-0.2, 0) is 16.0 Å². The minimum atomic E-state index is -0.714. The number of carbonyl (C=O) groups excluding carboxylic acids is 2. The highest BCUT2D eigenvalue weighted by Gasteiger charge is 2.16. The molecular formula is C21H23N3O3. The summed E-state index contributed by atoms with van der Waals surface area (Å²) in [5, 5.41) is 6.39. The summed E-state index contributed by atoms with van der Waals surface area (Å²) in [6.45, 7) is 4.17. The number of para-hydroxylation sites is 3. The monoisotopic (exact) mass is 365 g/mol. The van der Waals surface area contributed by atoms with Gasteiger partial charge in [0, 0.05) is 23.6 Å². The number of hydrogen-bond donors (Lipinski definition) is 3. The summed E-state index contributed by atoms with van der Waals surface area (Å²) in [4.78, 5) is 27.5. The second kappa shape index (κ2) is 8.40. The maximum atomic E-state index is 12.2. The van der Waals surface area contributed by atoms with Crippen molar-refractivity contribution in [3.63, 3.8) is 0 Å². The van der Waals surface area contributed by atoms with Crippen molar-refractivity contribution >= 4 is 28.4 Å². The van der Waals surface area contributed by atoms with Crippen LogP contribution in [0.4, 0.5) is 5.69 Å². The molecule has 6 heteroatoms. The normalized spacial score (nSPS) is 10.8. The molecule has 140 valence electrons. The molecule has 3 rings (SSSR count). The lowest BCUT2D eigenvalue weighted by Gasteiger charge is -2.14. The van der Waals surface area contributed by atoms with Gasteiger partial charge in [0.05, 0.1) is 11.8 Å². The van der Waals surface area contributed by atoms with Crippen molar-refractivity contribution in [3.8, 4) is 5.75 Å². The molecular weight excluding hydrogens is 342 g/mol. The first-order chi connectivity index (χ1) is 13.0. The van der Waals surface area contributed by atoms with Gasteiger partial charge in [-0.25, -0.2) is 0 Å². The van der Waals surface area contributed by atoms with Crippen LogP contribution in [0, 0.1) is 0 Å². The number of hydrogen-bond acceptors (Lipinski definition) is 3. The molecule has 2 aromatic carbocycles. The fourth-order valence-electron chi connectivity index (χ4n) is 2.84. The number of anilines is 1. The Kier molecular flexibility index (Phi) is 5.76. The Balaban J connectivity index is 1.55. The molecule has 0 aliphatic rings. The zero-order chi connectivity index (χ0) is 19.2. The van der Waals surface area contributed by atoms with E-state index in [1.54, 1.807) is 18.2 Å². The van der Waals surface area contributed by atoms with Gasteiger partial charge in [-0.15, -0.1) is 0 Å². The Morgan fingerprint density at radius 2 is 1.78 bits per heavy atom. The molecule has 1 aromatic heterocycles. The summed E-state index contributed by atoms with van der Waals surface area (Å²) in [6.07, 6.45) is 2.53. The van der Waals surface area contributed by atoms with E-state index in [1.807, 2.05) is 50.4 Å². The fraction of sp³-hybridized carbons (Fsp3) is 0.238. The Bertz CT molecular complexity index is 947. The van der Waals surface area contributed by atoms with Crippen LogP contribution < -0.4 is 15.4 Å². The zero-order valence-corrected chi connectivity index (χ0v) is 15.4. The molecule has 1 heterocycles. The molecule has 0 bridgehead atoms. The van der Waals surface area contributed by atoms with Crippen molar-refractivity contribution in [1.82, 2.24) is 10.3 Å². The van der Waals surface area contributed by atoms with E-state index in [1.165, 1.54) is 0 Å². The van der Waals surface area contributed by atoms with Gasteiger partial charge < -0.3 is 20.4 Å². The van der Waals surface area contributed by atoms with E-state index in [2.05, 4.69) is 15.6 Å². The van der Waals surface area contributed by atoms with Crippen molar-refractivity contribution in [2.24, 2.45) is 0 Å². The predicted molar refractivity (Wildman–Crippen MR) is 106 cm³/mol. The molecule has 0 fully saturated rings. The minimum Gasteiger partial charge on any atom is -0.489 e. The van der Waals surface area contributed by atoms with Crippen LogP contribution >= 0.6 is 0 Å². The summed E-state index contributed by atoms with van der Waals surface area (Å²) in [7, 11) is 0. The second-order valence-electron chi connectivity index (χ2n) is 6.48. The van der Waals surface area contributed by atoms with Crippen LogP contribution in [0.15, 0.2) is 54.7 Å². The molecule has 0 aliphatic carbocycles.